The smallest absolute Gasteiger partial charge is 0.220 e. The third-order valence-corrected chi connectivity index (χ3v) is 5.79. The number of hydrogen-bond donors (Lipinski definition) is 1. The van der Waals surface area contributed by atoms with Crippen LogP contribution in [0.3, 0.4) is 0 Å². The third kappa shape index (κ3) is 23.0. The Labute approximate surface area is 192 Å². The second-order valence-corrected chi connectivity index (χ2v) is 8.86. The lowest BCUT2D eigenvalue weighted by atomic mass is 10.0. The molecule has 0 unspecified atom stereocenters. The van der Waals surface area contributed by atoms with Crippen molar-refractivity contribution in [3.63, 3.8) is 0 Å². The maximum atomic E-state index is 12.1. The minimum absolute atomic E-state index is 0.0599. The standard InChI is InChI=1S/C26H50N4O/c1-3-5-7-9-10-11-12-13-14-15-16-17-19-20-22-25(24-28-30-27)29-26(31)23-21-18-8-6-4-2/h20,22,25H,3-19,21,23-24H2,1-2H3,(H,29,31)/b22-20-/t25-/m1/s1. The second-order valence-electron chi connectivity index (χ2n) is 8.86. The summed E-state index contributed by atoms with van der Waals surface area (Å²) in [7, 11) is 0. The van der Waals surface area contributed by atoms with Crippen LogP contribution in [-0.4, -0.2) is 18.5 Å². The molecule has 0 aromatic carbocycles. The summed E-state index contributed by atoms with van der Waals surface area (Å²) in [5, 5.41) is 6.64. The van der Waals surface area contributed by atoms with Crippen molar-refractivity contribution in [1.82, 2.24) is 5.32 Å². The minimum atomic E-state index is -0.184. The summed E-state index contributed by atoms with van der Waals surface area (Å²) in [5.41, 5.74) is 8.59. The molecular weight excluding hydrogens is 384 g/mol. The molecule has 0 aromatic heterocycles. The molecule has 0 radical (unpaired) electrons. The van der Waals surface area contributed by atoms with Gasteiger partial charge >= 0.3 is 0 Å². The van der Waals surface area contributed by atoms with Gasteiger partial charge in [-0.15, -0.1) is 0 Å². The van der Waals surface area contributed by atoms with Gasteiger partial charge in [-0.2, -0.15) is 0 Å². The Hall–Kier alpha value is -1.48. The molecule has 0 aliphatic carbocycles. The zero-order chi connectivity index (χ0) is 22.8. The van der Waals surface area contributed by atoms with Gasteiger partial charge in [0.1, 0.15) is 0 Å². The van der Waals surface area contributed by atoms with Crippen molar-refractivity contribution in [1.29, 1.82) is 0 Å². The SMILES string of the molecule is CCCCCCCCCCCCCC/C=C\[C@H](CN=[N+]=[N-])NC(=O)CCCCCCC. The van der Waals surface area contributed by atoms with Crippen molar-refractivity contribution in [3.05, 3.63) is 22.6 Å². The van der Waals surface area contributed by atoms with E-state index in [9.17, 15) is 4.79 Å². The lowest BCUT2D eigenvalue weighted by molar-refractivity contribution is -0.121. The van der Waals surface area contributed by atoms with Crippen molar-refractivity contribution >= 4 is 5.91 Å². The molecule has 0 aromatic rings. The van der Waals surface area contributed by atoms with Gasteiger partial charge in [0.15, 0.2) is 0 Å². The lowest BCUT2D eigenvalue weighted by Crippen LogP contribution is -2.35. The van der Waals surface area contributed by atoms with Crippen molar-refractivity contribution < 1.29 is 4.79 Å². The van der Waals surface area contributed by atoms with Crippen LogP contribution >= 0.6 is 0 Å². The van der Waals surface area contributed by atoms with Crippen molar-refractivity contribution in [2.45, 2.75) is 142 Å². The number of unbranched alkanes of at least 4 members (excludes halogenated alkanes) is 16. The number of carbonyl (C=O) groups excluding carboxylic acids is 1. The number of azide groups is 1. The Morgan fingerprint density at radius 1 is 0.806 bits per heavy atom. The number of carbonyl (C=O) groups is 1. The first-order chi connectivity index (χ1) is 15.2. The Bertz CT molecular complexity index is 472. The fourth-order valence-corrected chi connectivity index (χ4v) is 3.81. The van der Waals surface area contributed by atoms with Crippen LogP contribution < -0.4 is 5.32 Å². The maximum absolute atomic E-state index is 12.1. The second kappa shape index (κ2) is 24.8. The summed E-state index contributed by atoms with van der Waals surface area (Å²) in [5.74, 6) is 0.0599. The van der Waals surface area contributed by atoms with Crippen LogP contribution in [0.25, 0.3) is 10.4 Å². The molecule has 5 nitrogen and oxygen atoms in total. The summed E-state index contributed by atoms with van der Waals surface area (Å²) >= 11 is 0. The van der Waals surface area contributed by atoms with Gasteiger partial charge in [-0.05, 0) is 24.8 Å². The summed E-state index contributed by atoms with van der Waals surface area (Å²) in [4.78, 5) is 15.0. The minimum Gasteiger partial charge on any atom is -0.350 e. The first-order valence-electron chi connectivity index (χ1n) is 13.2. The van der Waals surface area contributed by atoms with Gasteiger partial charge in [0, 0.05) is 17.9 Å². The zero-order valence-electron chi connectivity index (χ0n) is 20.6. The number of amides is 1. The van der Waals surface area contributed by atoms with Gasteiger partial charge in [-0.3, -0.25) is 4.79 Å². The maximum Gasteiger partial charge on any atom is 0.220 e. The Morgan fingerprint density at radius 2 is 1.29 bits per heavy atom. The van der Waals surface area contributed by atoms with Crippen LogP contribution in [0.2, 0.25) is 0 Å². The van der Waals surface area contributed by atoms with E-state index in [0.29, 0.717) is 6.42 Å². The number of nitrogens with zero attached hydrogens (tertiary/aromatic N) is 3. The highest BCUT2D eigenvalue weighted by atomic mass is 16.1. The fraction of sp³-hybridized carbons (Fsp3) is 0.885. The molecule has 31 heavy (non-hydrogen) atoms. The Morgan fingerprint density at radius 3 is 1.81 bits per heavy atom. The predicted molar refractivity (Wildman–Crippen MR) is 134 cm³/mol. The van der Waals surface area contributed by atoms with Crippen LogP contribution in [0.1, 0.15) is 136 Å². The van der Waals surface area contributed by atoms with Crippen LogP contribution in [-0.2, 0) is 4.79 Å². The van der Waals surface area contributed by atoms with Crippen LogP contribution in [0.5, 0.6) is 0 Å². The van der Waals surface area contributed by atoms with E-state index in [-0.39, 0.29) is 18.5 Å². The molecule has 0 bridgehead atoms. The topological polar surface area (TPSA) is 77.9 Å². The molecular formula is C26H50N4O. The predicted octanol–water partition coefficient (Wildman–Crippen LogP) is 8.79. The summed E-state index contributed by atoms with van der Waals surface area (Å²) in [6, 6.07) is -0.184. The van der Waals surface area contributed by atoms with Crippen LogP contribution in [0.4, 0.5) is 0 Å². The van der Waals surface area contributed by atoms with Crippen LogP contribution in [0, 0.1) is 0 Å². The Kier molecular flexibility index (Phi) is 23.6. The van der Waals surface area contributed by atoms with Gasteiger partial charge in [-0.1, -0.05) is 127 Å². The first kappa shape index (κ1) is 29.5. The van der Waals surface area contributed by atoms with E-state index in [1.54, 1.807) is 0 Å². The molecule has 0 saturated heterocycles. The van der Waals surface area contributed by atoms with E-state index >= 15 is 0 Å². The van der Waals surface area contributed by atoms with E-state index in [4.69, 9.17) is 5.53 Å². The van der Waals surface area contributed by atoms with E-state index in [2.05, 4.69) is 35.3 Å². The molecule has 5 heteroatoms. The fourth-order valence-electron chi connectivity index (χ4n) is 3.81. The molecule has 1 amide bonds. The number of hydrogen-bond acceptors (Lipinski definition) is 2. The average Bonchev–Trinajstić information content (AvgIpc) is 2.77. The number of rotatable bonds is 23. The van der Waals surface area contributed by atoms with Crippen molar-refractivity contribution in [3.8, 4) is 0 Å². The van der Waals surface area contributed by atoms with Crippen molar-refractivity contribution in [2.24, 2.45) is 5.11 Å². The quantitative estimate of drug-likeness (QED) is 0.0563. The molecule has 0 rings (SSSR count). The third-order valence-electron chi connectivity index (χ3n) is 5.79. The van der Waals surface area contributed by atoms with Crippen molar-refractivity contribution in [2.75, 3.05) is 6.54 Å². The highest BCUT2D eigenvalue weighted by molar-refractivity contribution is 5.76. The molecule has 0 fully saturated rings. The van der Waals surface area contributed by atoms with Gasteiger partial charge in [-0.25, -0.2) is 0 Å². The molecule has 1 N–H and O–H groups in total. The summed E-state index contributed by atoms with van der Waals surface area (Å²) in [6.45, 7) is 4.75. The van der Waals surface area contributed by atoms with Gasteiger partial charge in [0.25, 0.3) is 0 Å². The van der Waals surface area contributed by atoms with E-state index < -0.39 is 0 Å². The van der Waals surface area contributed by atoms with Gasteiger partial charge in [0.2, 0.25) is 5.91 Å². The highest BCUT2D eigenvalue weighted by Gasteiger charge is 2.08. The molecule has 1 atom stereocenters. The molecule has 0 saturated carbocycles. The first-order valence-corrected chi connectivity index (χ1v) is 13.2. The van der Waals surface area contributed by atoms with E-state index in [1.807, 2.05) is 6.08 Å². The zero-order valence-corrected chi connectivity index (χ0v) is 20.6. The van der Waals surface area contributed by atoms with Gasteiger partial charge in [0.05, 0.1) is 6.04 Å². The number of nitrogens with one attached hydrogen (secondary N) is 1. The van der Waals surface area contributed by atoms with Crippen LogP contribution in [0.15, 0.2) is 17.3 Å². The molecule has 0 spiro atoms. The van der Waals surface area contributed by atoms with E-state index in [1.165, 1.54) is 96.3 Å². The molecule has 180 valence electrons. The average molecular weight is 435 g/mol. The summed E-state index contributed by atoms with van der Waals surface area (Å²) < 4.78 is 0. The molecule has 0 heterocycles. The summed E-state index contributed by atoms with van der Waals surface area (Å²) in [6.07, 6.45) is 27.7. The molecule has 0 aliphatic rings. The normalized spacial score (nSPS) is 12.1. The van der Waals surface area contributed by atoms with E-state index in [0.717, 1.165) is 19.3 Å². The monoisotopic (exact) mass is 434 g/mol. The molecule has 0 aliphatic heterocycles. The lowest BCUT2D eigenvalue weighted by Gasteiger charge is -2.12. The van der Waals surface area contributed by atoms with Gasteiger partial charge < -0.3 is 5.32 Å². The largest absolute Gasteiger partial charge is 0.350 e. The highest BCUT2D eigenvalue weighted by Crippen LogP contribution is 2.12. The Balaban J connectivity index is 3.77. The number of allylic oxidation sites excluding steroid dienone is 1.